The summed E-state index contributed by atoms with van der Waals surface area (Å²) in [6.07, 6.45) is 9.93. The second-order valence-electron chi connectivity index (χ2n) is 11.8. The van der Waals surface area contributed by atoms with Crippen molar-refractivity contribution in [2.45, 2.75) is 143 Å². The van der Waals surface area contributed by atoms with E-state index in [1.54, 1.807) is 27.7 Å². The summed E-state index contributed by atoms with van der Waals surface area (Å²) in [4.78, 5) is 24.1. The van der Waals surface area contributed by atoms with Crippen molar-refractivity contribution in [3.05, 3.63) is 35.4 Å². The molecule has 1 heterocycles. The van der Waals surface area contributed by atoms with E-state index >= 15 is 0 Å². The van der Waals surface area contributed by atoms with Gasteiger partial charge in [-0.15, -0.1) is 0 Å². The Bertz CT molecular complexity index is 843. The first-order valence-electron chi connectivity index (χ1n) is 15.4. The maximum atomic E-state index is 12.0. The average molecular weight is 563 g/mol. The Balaban J connectivity index is 1.43. The molecule has 0 bridgehead atoms. The van der Waals surface area contributed by atoms with Crippen molar-refractivity contribution in [3.8, 4) is 0 Å². The van der Waals surface area contributed by atoms with Crippen LogP contribution in [0.2, 0.25) is 0 Å². The minimum Gasteiger partial charge on any atom is -0.432 e. The molecule has 1 aromatic carbocycles. The van der Waals surface area contributed by atoms with Crippen molar-refractivity contribution < 1.29 is 38.0 Å². The van der Waals surface area contributed by atoms with Gasteiger partial charge in [-0.05, 0) is 57.9 Å². The number of rotatable bonds is 14. The molecule has 2 atom stereocenters. The third-order valence-corrected chi connectivity index (χ3v) is 7.59. The van der Waals surface area contributed by atoms with Crippen LogP contribution < -0.4 is 0 Å². The lowest BCUT2D eigenvalue weighted by Gasteiger charge is -2.28. The van der Waals surface area contributed by atoms with E-state index in [2.05, 4.69) is 19.1 Å². The molecule has 226 valence electrons. The van der Waals surface area contributed by atoms with Crippen molar-refractivity contribution >= 4 is 12.3 Å². The molecular weight excluding hydrogens is 512 g/mol. The van der Waals surface area contributed by atoms with Gasteiger partial charge in [0.15, 0.2) is 6.29 Å². The second kappa shape index (κ2) is 16.8. The average Bonchev–Trinajstić information content (AvgIpc) is 3.28. The number of carbonyl (C=O) groups excluding carboxylic acids is 2. The number of aryl methyl sites for hydroxylation is 1. The van der Waals surface area contributed by atoms with Crippen LogP contribution in [0.3, 0.4) is 0 Å². The van der Waals surface area contributed by atoms with Crippen LogP contribution in [0.4, 0.5) is 9.59 Å². The van der Waals surface area contributed by atoms with Gasteiger partial charge in [0.05, 0.1) is 12.2 Å². The quantitative estimate of drug-likeness (QED) is 0.164. The minimum atomic E-state index is -1.29. The van der Waals surface area contributed by atoms with E-state index in [0.717, 1.165) is 23.8 Å². The highest BCUT2D eigenvalue weighted by atomic mass is 16.9. The monoisotopic (exact) mass is 562 g/mol. The summed E-state index contributed by atoms with van der Waals surface area (Å²) in [6, 6.07) is 7.98. The summed E-state index contributed by atoms with van der Waals surface area (Å²) in [7, 11) is 0. The number of hydrogen-bond donors (Lipinski definition) is 0. The highest BCUT2D eigenvalue weighted by molar-refractivity contribution is 5.61. The summed E-state index contributed by atoms with van der Waals surface area (Å²) < 4.78 is 32.0. The molecule has 1 aromatic rings. The zero-order valence-corrected chi connectivity index (χ0v) is 25.1. The molecule has 8 heteroatoms. The van der Waals surface area contributed by atoms with Gasteiger partial charge in [0.2, 0.25) is 0 Å². The van der Waals surface area contributed by atoms with Gasteiger partial charge < -0.3 is 28.4 Å². The van der Waals surface area contributed by atoms with E-state index in [0.29, 0.717) is 0 Å². The van der Waals surface area contributed by atoms with Crippen LogP contribution in [0.25, 0.3) is 0 Å². The molecule has 0 radical (unpaired) electrons. The Hall–Kier alpha value is -2.32. The lowest BCUT2D eigenvalue weighted by Crippen LogP contribution is -2.34. The van der Waals surface area contributed by atoms with E-state index in [1.165, 1.54) is 76.2 Å². The van der Waals surface area contributed by atoms with E-state index in [9.17, 15) is 9.59 Å². The Labute approximate surface area is 240 Å². The van der Waals surface area contributed by atoms with Crippen LogP contribution in [-0.4, -0.2) is 37.1 Å². The summed E-state index contributed by atoms with van der Waals surface area (Å²) in [5, 5.41) is 0. The molecule has 1 aliphatic carbocycles. The van der Waals surface area contributed by atoms with Crippen molar-refractivity contribution in [1.29, 1.82) is 0 Å². The molecule has 1 aliphatic heterocycles. The van der Waals surface area contributed by atoms with E-state index < -0.39 is 31.2 Å². The largest absolute Gasteiger partial charge is 0.511 e. The molecule has 2 fully saturated rings. The molecule has 0 unspecified atom stereocenters. The van der Waals surface area contributed by atoms with Crippen LogP contribution in [0, 0.1) is 11.8 Å². The Morgan fingerprint density at radius 3 is 1.68 bits per heavy atom. The van der Waals surface area contributed by atoms with Gasteiger partial charge >= 0.3 is 12.3 Å². The predicted octanol–water partition coefficient (Wildman–Crippen LogP) is 8.61. The van der Waals surface area contributed by atoms with E-state index in [-0.39, 0.29) is 12.2 Å². The molecule has 3 rings (SSSR count). The van der Waals surface area contributed by atoms with Crippen molar-refractivity contribution in [2.24, 2.45) is 11.8 Å². The summed E-state index contributed by atoms with van der Waals surface area (Å²) >= 11 is 0. The van der Waals surface area contributed by atoms with E-state index in [4.69, 9.17) is 28.4 Å². The number of carbonyl (C=O) groups is 2. The molecule has 0 amide bonds. The third-order valence-electron chi connectivity index (χ3n) is 7.59. The van der Waals surface area contributed by atoms with E-state index in [1.807, 2.05) is 12.1 Å². The number of ether oxygens (including phenoxy) is 6. The summed E-state index contributed by atoms with van der Waals surface area (Å²) in [5.41, 5.74) is 1.98. The van der Waals surface area contributed by atoms with Crippen LogP contribution in [0.1, 0.15) is 123 Å². The standard InChI is InChI=1S/C32H50O8/c1-6-7-8-11-24-14-16-25(17-15-24)12-9-10-13-26-18-20-27(21-19-26)28-37-29(39-31(33)35-22(2)3)30(38-28)40-32(34)36-23(4)5/h18-25,28-30H,6-17H2,1-5H3/t24?,25?,29-,30-/m1/s1. The van der Waals surface area contributed by atoms with Gasteiger partial charge in [0.25, 0.3) is 12.6 Å². The number of benzene rings is 1. The molecular formula is C32H50O8. The first kappa shape index (κ1) is 32.2. The smallest absolute Gasteiger partial charge is 0.432 e. The minimum absolute atomic E-state index is 0.376. The first-order valence-corrected chi connectivity index (χ1v) is 15.4. The van der Waals surface area contributed by atoms with Crippen LogP contribution in [0.5, 0.6) is 0 Å². The van der Waals surface area contributed by atoms with Gasteiger partial charge in [-0.1, -0.05) is 95.4 Å². The van der Waals surface area contributed by atoms with Gasteiger partial charge in [-0.2, -0.15) is 0 Å². The number of hydrogen-bond acceptors (Lipinski definition) is 8. The van der Waals surface area contributed by atoms with Crippen LogP contribution >= 0.6 is 0 Å². The van der Waals surface area contributed by atoms with Gasteiger partial charge in [-0.25, -0.2) is 9.59 Å². The maximum absolute atomic E-state index is 12.0. The fourth-order valence-electron chi connectivity index (χ4n) is 5.45. The lowest BCUT2D eigenvalue weighted by molar-refractivity contribution is -0.163. The summed E-state index contributed by atoms with van der Waals surface area (Å²) in [6.45, 7) is 9.08. The van der Waals surface area contributed by atoms with Crippen molar-refractivity contribution in [1.82, 2.24) is 0 Å². The van der Waals surface area contributed by atoms with Gasteiger partial charge in [0, 0.05) is 5.56 Å². The fraction of sp³-hybridized carbons (Fsp3) is 0.750. The zero-order valence-electron chi connectivity index (χ0n) is 25.1. The van der Waals surface area contributed by atoms with Crippen LogP contribution in [0.15, 0.2) is 24.3 Å². The SMILES string of the molecule is CCCCCC1CCC(CCCCc2ccc(C3O[C@H](OC(=O)OC(C)C)[C@@H](OC(=O)OC(C)C)O3)cc2)CC1. The van der Waals surface area contributed by atoms with Crippen LogP contribution in [-0.2, 0) is 34.8 Å². The topological polar surface area (TPSA) is 89.5 Å². The molecule has 2 aliphatic rings. The molecule has 1 saturated heterocycles. The molecule has 8 nitrogen and oxygen atoms in total. The maximum Gasteiger partial charge on any atom is 0.511 e. The number of unbranched alkanes of at least 4 members (excludes halogenated alkanes) is 3. The Morgan fingerprint density at radius 1 is 0.750 bits per heavy atom. The van der Waals surface area contributed by atoms with Gasteiger partial charge in [0.1, 0.15) is 0 Å². The normalized spacial score (nSPS) is 23.4. The predicted molar refractivity (Wildman–Crippen MR) is 151 cm³/mol. The zero-order chi connectivity index (χ0) is 28.9. The Morgan fingerprint density at radius 2 is 1.23 bits per heavy atom. The third kappa shape index (κ3) is 11.3. The lowest BCUT2D eigenvalue weighted by atomic mass is 9.78. The fourth-order valence-corrected chi connectivity index (χ4v) is 5.45. The molecule has 0 N–H and O–H groups in total. The van der Waals surface area contributed by atoms with Gasteiger partial charge in [-0.3, -0.25) is 0 Å². The molecule has 40 heavy (non-hydrogen) atoms. The highest BCUT2D eigenvalue weighted by Gasteiger charge is 2.43. The first-order chi connectivity index (χ1) is 19.2. The molecule has 0 aromatic heterocycles. The second-order valence-corrected chi connectivity index (χ2v) is 11.8. The Kier molecular flexibility index (Phi) is 13.5. The van der Waals surface area contributed by atoms with Crippen molar-refractivity contribution in [3.63, 3.8) is 0 Å². The highest BCUT2D eigenvalue weighted by Crippen LogP contribution is 2.35. The van der Waals surface area contributed by atoms with Crippen molar-refractivity contribution in [2.75, 3.05) is 0 Å². The molecule has 0 spiro atoms. The molecule has 1 saturated carbocycles. The summed E-state index contributed by atoms with van der Waals surface area (Å²) in [5.74, 6) is 1.88.